The van der Waals surface area contributed by atoms with Gasteiger partial charge in [-0.15, -0.1) is 0 Å². The van der Waals surface area contributed by atoms with Crippen molar-refractivity contribution < 1.29 is 22.2 Å². The van der Waals surface area contributed by atoms with Crippen LogP contribution in [0.2, 0.25) is 0 Å². The van der Waals surface area contributed by atoms with E-state index < -0.39 is 10.0 Å². The van der Waals surface area contributed by atoms with Gasteiger partial charge in [-0.1, -0.05) is 5.16 Å². The summed E-state index contributed by atoms with van der Waals surface area (Å²) in [5.41, 5.74) is 1.50. The molecule has 8 nitrogen and oxygen atoms in total. The zero-order chi connectivity index (χ0) is 18.1. The maximum atomic E-state index is 12.5. The van der Waals surface area contributed by atoms with Gasteiger partial charge in [0.25, 0.3) is 10.0 Å². The molecule has 0 aliphatic heterocycles. The maximum Gasteiger partial charge on any atom is 0.276 e. The molecule has 0 aliphatic carbocycles. The van der Waals surface area contributed by atoms with E-state index in [0.717, 1.165) is 9.87 Å². The lowest BCUT2D eigenvalue weighted by molar-refractivity contribution is -0.128. The van der Waals surface area contributed by atoms with Gasteiger partial charge in [0.15, 0.2) is 5.76 Å². The molecule has 0 spiro atoms. The number of sulfonamides is 1. The summed E-state index contributed by atoms with van der Waals surface area (Å²) in [4.78, 5) is 13.0. The highest BCUT2D eigenvalue weighted by molar-refractivity contribution is 7.89. The first kappa shape index (κ1) is 18.2. The van der Waals surface area contributed by atoms with Crippen molar-refractivity contribution in [2.24, 2.45) is 0 Å². The molecular weight excluding hydrogens is 334 g/mol. The Balaban J connectivity index is 2.18. The number of aromatic nitrogens is 1. The molecule has 0 atom stereocenters. The average molecular weight is 355 g/mol. The van der Waals surface area contributed by atoms with Gasteiger partial charge < -0.3 is 13.8 Å². The first-order chi connectivity index (χ1) is 11.1. The Bertz CT molecular complexity index is 835. The summed E-state index contributed by atoms with van der Waals surface area (Å²) in [5.74, 6) is 0.550. The van der Waals surface area contributed by atoms with Crippen LogP contribution in [0.5, 0.6) is 0 Å². The van der Waals surface area contributed by atoms with E-state index in [9.17, 15) is 13.2 Å². The number of hydrogen-bond donors (Lipinski definition) is 0. The van der Waals surface area contributed by atoms with Crippen LogP contribution in [0.15, 0.2) is 26.2 Å². The molecule has 2 aromatic rings. The van der Waals surface area contributed by atoms with Crippen LogP contribution in [-0.4, -0.2) is 56.4 Å². The van der Waals surface area contributed by atoms with Gasteiger partial charge in [-0.25, -0.2) is 8.42 Å². The van der Waals surface area contributed by atoms with Crippen molar-refractivity contribution in [3.05, 3.63) is 23.4 Å². The van der Waals surface area contributed by atoms with E-state index in [1.807, 2.05) is 6.92 Å². The SMILES string of the molecule is Cc1noc(-c2ccc(S(=O)(=O)N(C)CCC(=O)N(C)C)o2)c1C. The van der Waals surface area contributed by atoms with Crippen LogP contribution < -0.4 is 0 Å². The highest BCUT2D eigenvalue weighted by Crippen LogP contribution is 2.29. The summed E-state index contributed by atoms with van der Waals surface area (Å²) in [6, 6.07) is 2.89. The van der Waals surface area contributed by atoms with Crippen LogP contribution in [0.4, 0.5) is 0 Å². The minimum absolute atomic E-state index is 0.0653. The highest BCUT2D eigenvalue weighted by Gasteiger charge is 2.26. The Labute approximate surface area is 141 Å². The fourth-order valence-corrected chi connectivity index (χ4v) is 3.05. The molecule has 9 heteroatoms. The molecule has 0 saturated heterocycles. The maximum absolute atomic E-state index is 12.5. The Morgan fingerprint density at radius 2 is 1.88 bits per heavy atom. The van der Waals surface area contributed by atoms with Gasteiger partial charge in [0.2, 0.25) is 16.8 Å². The van der Waals surface area contributed by atoms with Gasteiger partial charge in [0.1, 0.15) is 0 Å². The number of carbonyl (C=O) groups is 1. The molecule has 2 aromatic heterocycles. The minimum Gasteiger partial charge on any atom is -0.440 e. The van der Waals surface area contributed by atoms with E-state index in [2.05, 4.69) is 5.16 Å². The lowest BCUT2D eigenvalue weighted by Gasteiger charge is -2.16. The third-order valence-electron chi connectivity index (χ3n) is 3.77. The second kappa shape index (κ2) is 6.78. The van der Waals surface area contributed by atoms with E-state index in [1.165, 1.54) is 24.1 Å². The number of rotatable bonds is 6. The summed E-state index contributed by atoms with van der Waals surface area (Å²) < 4.78 is 36.7. The fraction of sp³-hybridized carbons (Fsp3) is 0.467. The first-order valence-electron chi connectivity index (χ1n) is 7.34. The van der Waals surface area contributed by atoms with Crippen molar-refractivity contribution in [3.8, 4) is 11.5 Å². The third kappa shape index (κ3) is 3.51. The Morgan fingerprint density at radius 3 is 2.42 bits per heavy atom. The number of hydrogen-bond acceptors (Lipinski definition) is 6. The second-order valence-electron chi connectivity index (χ2n) is 5.71. The molecule has 0 unspecified atom stereocenters. The van der Waals surface area contributed by atoms with Crippen LogP contribution in [0.3, 0.4) is 0 Å². The molecule has 1 amide bonds. The predicted molar refractivity (Wildman–Crippen MR) is 86.8 cm³/mol. The largest absolute Gasteiger partial charge is 0.440 e. The van der Waals surface area contributed by atoms with Gasteiger partial charge in [-0.3, -0.25) is 4.79 Å². The smallest absolute Gasteiger partial charge is 0.276 e. The molecule has 0 aliphatic rings. The molecule has 2 rings (SSSR count). The van der Waals surface area contributed by atoms with Gasteiger partial charge >= 0.3 is 0 Å². The molecular formula is C15H21N3O5S. The van der Waals surface area contributed by atoms with E-state index >= 15 is 0 Å². The van der Waals surface area contributed by atoms with Crippen LogP contribution >= 0.6 is 0 Å². The highest BCUT2D eigenvalue weighted by atomic mass is 32.2. The number of aryl methyl sites for hydroxylation is 1. The number of nitrogens with zero attached hydrogens (tertiary/aromatic N) is 3. The van der Waals surface area contributed by atoms with Crippen LogP contribution in [0.25, 0.3) is 11.5 Å². The van der Waals surface area contributed by atoms with Crippen LogP contribution in [-0.2, 0) is 14.8 Å². The van der Waals surface area contributed by atoms with Crippen molar-refractivity contribution in [2.75, 3.05) is 27.7 Å². The second-order valence-corrected chi connectivity index (χ2v) is 7.68. The summed E-state index contributed by atoms with van der Waals surface area (Å²) >= 11 is 0. The van der Waals surface area contributed by atoms with Gasteiger partial charge in [-0.05, 0) is 26.0 Å². The summed E-state index contributed by atoms with van der Waals surface area (Å²) in [5, 5.41) is 3.62. The van der Waals surface area contributed by atoms with E-state index in [1.54, 1.807) is 21.0 Å². The van der Waals surface area contributed by atoms with E-state index in [4.69, 9.17) is 8.94 Å². The van der Waals surface area contributed by atoms with Crippen LogP contribution in [0.1, 0.15) is 17.7 Å². The van der Waals surface area contributed by atoms with Gasteiger partial charge in [0, 0.05) is 39.7 Å². The monoisotopic (exact) mass is 355 g/mol. The molecule has 24 heavy (non-hydrogen) atoms. The Morgan fingerprint density at radius 1 is 1.21 bits per heavy atom. The first-order valence-corrected chi connectivity index (χ1v) is 8.78. The lowest BCUT2D eigenvalue weighted by Crippen LogP contribution is -2.32. The number of carbonyl (C=O) groups excluding carboxylic acids is 1. The van der Waals surface area contributed by atoms with Crippen molar-refractivity contribution in [3.63, 3.8) is 0 Å². The fourth-order valence-electron chi connectivity index (χ4n) is 1.98. The molecule has 132 valence electrons. The molecule has 0 radical (unpaired) electrons. The zero-order valence-electron chi connectivity index (χ0n) is 14.4. The minimum atomic E-state index is -3.82. The number of furan rings is 1. The van der Waals surface area contributed by atoms with E-state index in [0.29, 0.717) is 17.2 Å². The molecule has 2 heterocycles. The Kier molecular flexibility index (Phi) is 5.14. The van der Waals surface area contributed by atoms with Gasteiger partial charge in [0.05, 0.1) is 5.69 Å². The summed E-state index contributed by atoms with van der Waals surface area (Å²) in [6.45, 7) is 3.67. The Hall–Kier alpha value is -2.13. The summed E-state index contributed by atoms with van der Waals surface area (Å²) in [7, 11) is 0.832. The standard InChI is InChI=1S/C15H21N3O5S/c1-10-11(2)16-23-15(10)12-6-7-14(22-12)24(20,21)18(5)9-8-13(19)17(3)4/h6-7H,8-9H2,1-5H3. The molecule has 0 fully saturated rings. The lowest BCUT2D eigenvalue weighted by atomic mass is 10.2. The van der Waals surface area contributed by atoms with Crippen molar-refractivity contribution in [1.82, 2.24) is 14.4 Å². The zero-order valence-corrected chi connectivity index (χ0v) is 15.2. The van der Waals surface area contributed by atoms with Crippen molar-refractivity contribution >= 4 is 15.9 Å². The molecule has 0 saturated carbocycles. The molecule has 0 bridgehead atoms. The van der Waals surface area contributed by atoms with Crippen molar-refractivity contribution in [1.29, 1.82) is 0 Å². The summed E-state index contributed by atoms with van der Waals surface area (Å²) in [6.07, 6.45) is 0.0940. The van der Waals surface area contributed by atoms with Gasteiger partial charge in [-0.2, -0.15) is 4.31 Å². The predicted octanol–water partition coefficient (Wildman–Crippen LogP) is 1.65. The van der Waals surface area contributed by atoms with E-state index in [-0.39, 0.29) is 24.0 Å². The molecule has 0 aromatic carbocycles. The topological polar surface area (TPSA) is 96.9 Å². The third-order valence-corrected chi connectivity index (χ3v) is 5.50. The number of amides is 1. The quantitative estimate of drug-likeness (QED) is 0.781. The van der Waals surface area contributed by atoms with Crippen molar-refractivity contribution in [2.45, 2.75) is 25.4 Å². The average Bonchev–Trinajstić information content (AvgIpc) is 3.12. The molecule has 0 N–H and O–H groups in total. The normalized spacial score (nSPS) is 11.9. The van der Waals surface area contributed by atoms with Crippen LogP contribution in [0, 0.1) is 13.8 Å².